The molecule has 0 N–H and O–H groups in total. The van der Waals surface area contributed by atoms with Crippen LogP contribution in [0.5, 0.6) is 0 Å². The summed E-state index contributed by atoms with van der Waals surface area (Å²) in [6, 6.07) is 1.93. The van der Waals surface area contributed by atoms with Crippen molar-refractivity contribution in [2.45, 2.75) is 45.7 Å². The molecule has 1 aromatic heterocycles. The van der Waals surface area contributed by atoms with Gasteiger partial charge in [0, 0.05) is 25.2 Å². The van der Waals surface area contributed by atoms with Crippen LogP contribution in [-0.4, -0.2) is 58.7 Å². The molecule has 0 aliphatic carbocycles. The molecule has 1 aliphatic rings. The normalized spacial score (nSPS) is 19.3. The van der Waals surface area contributed by atoms with Crippen LogP contribution in [-0.2, 0) is 11.3 Å². The van der Waals surface area contributed by atoms with Gasteiger partial charge in [0.05, 0.1) is 5.69 Å². The molecule has 6 heteroatoms. The number of aromatic nitrogens is 2. The minimum absolute atomic E-state index is 0.0217. The van der Waals surface area contributed by atoms with Gasteiger partial charge in [-0.1, -0.05) is 6.42 Å². The van der Waals surface area contributed by atoms with Gasteiger partial charge in [0.15, 0.2) is 0 Å². The van der Waals surface area contributed by atoms with Crippen molar-refractivity contribution in [3.8, 4) is 0 Å². The number of hydrogen-bond acceptors (Lipinski definition) is 4. The number of aryl methyl sites for hydroxylation is 2. The van der Waals surface area contributed by atoms with E-state index in [0.29, 0.717) is 6.04 Å². The molecule has 1 aromatic rings. The van der Waals surface area contributed by atoms with Crippen LogP contribution in [0.2, 0.25) is 0 Å². The van der Waals surface area contributed by atoms with Crippen LogP contribution >= 0.6 is 0 Å². The van der Waals surface area contributed by atoms with E-state index in [1.54, 1.807) is 6.07 Å². The van der Waals surface area contributed by atoms with Crippen LogP contribution in [0.1, 0.15) is 30.5 Å². The number of rotatable bonds is 3. The van der Waals surface area contributed by atoms with Crippen LogP contribution in [0.3, 0.4) is 0 Å². The zero-order valence-electron chi connectivity index (χ0n) is 14.0. The number of likely N-dealkylation sites (N-methyl/N-ethyl adjacent to an activating group) is 1. The third kappa shape index (κ3) is 3.94. The van der Waals surface area contributed by atoms with Gasteiger partial charge in [-0.15, -0.1) is 0 Å². The fourth-order valence-corrected chi connectivity index (χ4v) is 2.78. The van der Waals surface area contributed by atoms with Crippen LogP contribution in [0.15, 0.2) is 10.9 Å². The molecule has 1 fully saturated rings. The summed E-state index contributed by atoms with van der Waals surface area (Å²) in [7, 11) is 4.10. The molecule has 22 heavy (non-hydrogen) atoms. The highest BCUT2D eigenvalue weighted by molar-refractivity contribution is 5.76. The second-order valence-electron chi connectivity index (χ2n) is 6.36. The molecule has 0 unspecified atom stereocenters. The van der Waals surface area contributed by atoms with Crippen LogP contribution in [0.25, 0.3) is 0 Å². The summed E-state index contributed by atoms with van der Waals surface area (Å²) in [5.74, 6) is -0.0217. The van der Waals surface area contributed by atoms with E-state index in [1.807, 2.05) is 32.8 Å². The third-order valence-electron chi connectivity index (χ3n) is 4.45. The van der Waals surface area contributed by atoms with Crippen molar-refractivity contribution < 1.29 is 4.79 Å². The lowest BCUT2D eigenvalue weighted by Gasteiger charge is -2.28. The number of carbonyl (C=O) groups is 1. The Morgan fingerprint density at radius 1 is 1.36 bits per heavy atom. The average Bonchev–Trinajstić information content (AvgIpc) is 2.70. The van der Waals surface area contributed by atoms with Gasteiger partial charge in [-0.2, -0.15) is 5.10 Å². The monoisotopic (exact) mass is 306 g/mol. The van der Waals surface area contributed by atoms with Gasteiger partial charge in [-0.25, -0.2) is 4.68 Å². The zero-order chi connectivity index (χ0) is 16.3. The molecule has 0 radical (unpaired) electrons. The molecule has 1 aliphatic heterocycles. The summed E-state index contributed by atoms with van der Waals surface area (Å²) in [6.07, 6.45) is 3.26. The Labute approximate surface area is 131 Å². The van der Waals surface area contributed by atoms with Crippen molar-refractivity contribution >= 4 is 5.91 Å². The highest BCUT2D eigenvalue weighted by Gasteiger charge is 2.23. The number of likely N-dealkylation sites (tertiary alicyclic amines) is 1. The molecule has 0 aromatic carbocycles. The van der Waals surface area contributed by atoms with E-state index < -0.39 is 0 Å². The molecule has 1 amide bonds. The van der Waals surface area contributed by atoms with Crippen LogP contribution in [0.4, 0.5) is 0 Å². The lowest BCUT2D eigenvalue weighted by molar-refractivity contribution is -0.132. The summed E-state index contributed by atoms with van der Waals surface area (Å²) in [5.41, 5.74) is 1.43. The maximum absolute atomic E-state index is 12.5. The van der Waals surface area contributed by atoms with Crippen molar-refractivity contribution in [3.63, 3.8) is 0 Å². The SMILES string of the molecule is Cc1cc(=O)n(CC(=O)N2CCCC[C@H](N(C)C)C2)nc1C. The van der Waals surface area contributed by atoms with E-state index in [0.717, 1.165) is 43.6 Å². The topological polar surface area (TPSA) is 58.4 Å². The summed E-state index contributed by atoms with van der Waals surface area (Å²) >= 11 is 0. The quantitative estimate of drug-likeness (QED) is 0.829. The molecular formula is C16H26N4O2. The number of hydrogen-bond donors (Lipinski definition) is 0. The molecule has 1 saturated heterocycles. The summed E-state index contributed by atoms with van der Waals surface area (Å²) in [4.78, 5) is 28.6. The lowest BCUT2D eigenvalue weighted by Crippen LogP contribution is -2.44. The first-order valence-electron chi connectivity index (χ1n) is 7.88. The lowest BCUT2D eigenvalue weighted by atomic mass is 10.1. The standard InChI is InChI=1S/C16H26N4O2/c1-12-9-15(21)20(17-13(12)2)11-16(22)19-8-6-5-7-14(10-19)18(3)4/h9,14H,5-8,10-11H2,1-4H3/t14-/m0/s1. The van der Waals surface area contributed by atoms with Gasteiger partial charge in [0.25, 0.3) is 5.56 Å². The predicted octanol–water partition coefficient (Wildman–Crippen LogP) is 0.803. The Balaban J connectivity index is 2.11. The summed E-state index contributed by atoms with van der Waals surface area (Å²) in [6.45, 7) is 5.23. The highest BCUT2D eigenvalue weighted by Crippen LogP contribution is 2.14. The average molecular weight is 306 g/mol. The molecule has 0 spiro atoms. The molecule has 6 nitrogen and oxygen atoms in total. The van der Waals surface area contributed by atoms with Gasteiger partial charge in [-0.05, 0) is 46.3 Å². The minimum Gasteiger partial charge on any atom is -0.340 e. The highest BCUT2D eigenvalue weighted by atomic mass is 16.2. The van der Waals surface area contributed by atoms with Crippen molar-refractivity contribution in [1.82, 2.24) is 19.6 Å². The van der Waals surface area contributed by atoms with Crippen molar-refractivity contribution in [2.24, 2.45) is 0 Å². The molecule has 0 saturated carbocycles. The Kier molecular flexibility index (Phi) is 5.34. The largest absolute Gasteiger partial charge is 0.340 e. The van der Waals surface area contributed by atoms with E-state index in [-0.39, 0.29) is 18.0 Å². The maximum atomic E-state index is 12.5. The number of carbonyl (C=O) groups excluding carboxylic acids is 1. The molecule has 2 rings (SSSR count). The molecule has 1 atom stereocenters. The maximum Gasteiger partial charge on any atom is 0.267 e. The van der Waals surface area contributed by atoms with E-state index in [1.165, 1.54) is 4.68 Å². The van der Waals surface area contributed by atoms with Crippen molar-refractivity contribution in [2.75, 3.05) is 27.2 Å². The second kappa shape index (κ2) is 7.05. The molecular weight excluding hydrogens is 280 g/mol. The summed E-state index contributed by atoms with van der Waals surface area (Å²) < 4.78 is 1.28. The Hall–Kier alpha value is -1.69. The molecule has 122 valence electrons. The van der Waals surface area contributed by atoms with E-state index in [9.17, 15) is 9.59 Å². The van der Waals surface area contributed by atoms with E-state index in [4.69, 9.17) is 0 Å². The first-order valence-corrected chi connectivity index (χ1v) is 7.88. The van der Waals surface area contributed by atoms with Crippen molar-refractivity contribution in [3.05, 3.63) is 27.7 Å². The fourth-order valence-electron chi connectivity index (χ4n) is 2.78. The van der Waals surface area contributed by atoms with Gasteiger partial charge in [-0.3, -0.25) is 9.59 Å². The van der Waals surface area contributed by atoms with E-state index >= 15 is 0 Å². The van der Waals surface area contributed by atoms with Crippen LogP contribution < -0.4 is 5.56 Å². The van der Waals surface area contributed by atoms with Gasteiger partial charge < -0.3 is 9.80 Å². The molecule has 0 bridgehead atoms. The van der Waals surface area contributed by atoms with Crippen molar-refractivity contribution in [1.29, 1.82) is 0 Å². The number of nitrogens with zero attached hydrogens (tertiary/aromatic N) is 4. The Bertz CT molecular complexity index is 594. The Morgan fingerprint density at radius 3 is 2.77 bits per heavy atom. The Morgan fingerprint density at radius 2 is 2.09 bits per heavy atom. The van der Waals surface area contributed by atoms with Gasteiger partial charge in [0.2, 0.25) is 5.91 Å². The second-order valence-corrected chi connectivity index (χ2v) is 6.36. The first kappa shape index (κ1) is 16.7. The fraction of sp³-hybridized carbons (Fsp3) is 0.688. The van der Waals surface area contributed by atoms with Crippen LogP contribution in [0, 0.1) is 13.8 Å². The number of amides is 1. The minimum atomic E-state index is -0.213. The van der Waals surface area contributed by atoms with Gasteiger partial charge in [0.1, 0.15) is 6.54 Å². The molecule has 2 heterocycles. The zero-order valence-corrected chi connectivity index (χ0v) is 14.0. The van der Waals surface area contributed by atoms with E-state index in [2.05, 4.69) is 10.00 Å². The smallest absolute Gasteiger partial charge is 0.267 e. The first-order chi connectivity index (χ1) is 10.4. The third-order valence-corrected chi connectivity index (χ3v) is 4.45. The predicted molar refractivity (Wildman–Crippen MR) is 85.9 cm³/mol. The summed E-state index contributed by atoms with van der Waals surface area (Å²) in [5, 5.41) is 4.23. The van der Waals surface area contributed by atoms with Gasteiger partial charge >= 0.3 is 0 Å².